The van der Waals surface area contributed by atoms with Crippen LogP contribution in [0, 0.1) is 0 Å². The summed E-state index contributed by atoms with van der Waals surface area (Å²) >= 11 is 0. The van der Waals surface area contributed by atoms with Crippen LogP contribution in [-0.2, 0) is 0 Å². The Morgan fingerprint density at radius 3 is 2.30 bits per heavy atom. The van der Waals surface area contributed by atoms with Crippen LogP contribution in [0.2, 0.25) is 0 Å². The molecule has 4 rings (SSSR count). The Morgan fingerprint density at radius 1 is 0.870 bits per heavy atom. The van der Waals surface area contributed by atoms with Gasteiger partial charge in [-0.15, -0.1) is 0 Å². The Balaban J connectivity index is 1.88. The van der Waals surface area contributed by atoms with Crippen molar-refractivity contribution in [2.75, 3.05) is 0 Å². The van der Waals surface area contributed by atoms with Crippen LogP contribution in [0.4, 0.5) is 0 Å². The van der Waals surface area contributed by atoms with Crippen LogP contribution < -0.4 is 0 Å². The van der Waals surface area contributed by atoms with Gasteiger partial charge in [-0.25, -0.2) is 4.98 Å². The molecule has 0 amide bonds. The molecule has 1 N–H and O–H groups in total. The number of imidazole rings is 1. The zero-order valence-electron chi connectivity index (χ0n) is 12.6. The standard InChI is InChI=1S/C20H17N3/c1-3-7-16(8-4-1)18-13-22-14-19(18)20(23-12-11-21-15-23)17-9-5-2-6-10-17/h1-15,20,22H/t20-/m1/s1. The van der Waals surface area contributed by atoms with Crippen LogP contribution in [-0.4, -0.2) is 14.5 Å². The van der Waals surface area contributed by atoms with E-state index in [1.807, 2.05) is 30.9 Å². The molecule has 0 bridgehead atoms. The van der Waals surface area contributed by atoms with E-state index in [0.29, 0.717) is 0 Å². The largest absolute Gasteiger partial charge is 0.367 e. The van der Waals surface area contributed by atoms with Gasteiger partial charge in [0.05, 0.1) is 12.4 Å². The molecular formula is C20H17N3. The Labute approximate surface area is 135 Å². The first kappa shape index (κ1) is 13.6. The minimum absolute atomic E-state index is 0.0974. The second kappa shape index (κ2) is 5.97. The van der Waals surface area contributed by atoms with Gasteiger partial charge in [-0.3, -0.25) is 0 Å². The van der Waals surface area contributed by atoms with E-state index in [9.17, 15) is 0 Å². The van der Waals surface area contributed by atoms with Crippen LogP contribution in [0.25, 0.3) is 11.1 Å². The summed E-state index contributed by atoms with van der Waals surface area (Å²) in [5, 5.41) is 0. The number of benzene rings is 2. The molecular weight excluding hydrogens is 282 g/mol. The van der Waals surface area contributed by atoms with Gasteiger partial charge in [0.15, 0.2) is 0 Å². The number of aromatic nitrogens is 3. The molecule has 2 aromatic carbocycles. The normalized spacial score (nSPS) is 12.2. The Bertz CT molecular complexity index is 862. The molecule has 0 spiro atoms. The molecule has 4 aromatic rings. The molecule has 0 aliphatic rings. The molecule has 1 atom stereocenters. The Hall–Kier alpha value is -3.07. The van der Waals surface area contributed by atoms with E-state index in [1.54, 1.807) is 0 Å². The molecule has 0 aliphatic heterocycles. The number of rotatable bonds is 4. The van der Waals surface area contributed by atoms with Gasteiger partial charge in [0, 0.05) is 35.9 Å². The third kappa shape index (κ3) is 2.57. The summed E-state index contributed by atoms with van der Waals surface area (Å²) < 4.78 is 2.14. The van der Waals surface area contributed by atoms with Gasteiger partial charge in [0.25, 0.3) is 0 Å². The van der Waals surface area contributed by atoms with Gasteiger partial charge in [-0.2, -0.15) is 0 Å². The third-order valence-electron chi connectivity index (χ3n) is 4.10. The maximum absolute atomic E-state index is 4.23. The summed E-state index contributed by atoms with van der Waals surface area (Å²) in [7, 11) is 0. The molecule has 0 saturated heterocycles. The highest BCUT2D eigenvalue weighted by atomic mass is 15.1. The average molecular weight is 299 g/mol. The molecule has 112 valence electrons. The SMILES string of the molecule is c1ccc(-c2c[nH]cc2[C@@H](c2ccccc2)n2ccnc2)cc1. The minimum Gasteiger partial charge on any atom is -0.367 e. The number of hydrogen-bond acceptors (Lipinski definition) is 1. The second-order valence-corrected chi connectivity index (χ2v) is 5.51. The fourth-order valence-corrected chi connectivity index (χ4v) is 3.04. The van der Waals surface area contributed by atoms with Gasteiger partial charge >= 0.3 is 0 Å². The van der Waals surface area contributed by atoms with Crippen molar-refractivity contribution in [2.24, 2.45) is 0 Å². The minimum atomic E-state index is 0.0974. The molecule has 0 radical (unpaired) electrons. The fraction of sp³-hybridized carbons (Fsp3) is 0.0500. The number of nitrogens with one attached hydrogen (secondary N) is 1. The highest BCUT2D eigenvalue weighted by Gasteiger charge is 2.20. The highest BCUT2D eigenvalue weighted by Crippen LogP contribution is 2.34. The van der Waals surface area contributed by atoms with Crippen molar-refractivity contribution in [3.05, 3.63) is 103 Å². The van der Waals surface area contributed by atoms with Gasteiger partial charge in [-0.1, -0.05) is 60.7 Å². The molecule has 3 heteroatoms. The predicted octanol–water partition coefficient (Wildman–Crippen LogP) is 4.52. The third-order valence-corrected chi connectivity index (χ3v) is 4.10. The molecule has 0 unspecified atom stereocenters. The van der Waals surface area contributed by atoms with E-state index >= 15 is 0 Å². The summed E-state index contributed by atoms with van der Waals surface area (Å²) in [6.07, 6.45) is 9.86. The van der Waals surface area contributed by atoms with Crippen LogP contribution in [0.15, 0.2) is 91.8 Å². The number of H-pyrrole nitrogens is 1. The lowest BCUT2D eigenvalue weighted by molar-refractivity contribution is 0.679. The van der Waals surface area contributed by atoms with Crippen molar-refractivity contribution < 1.29 is 0 Å². The molecule has 3 nitrogen and oxygen atoms in total. The van der Waals surface area contributed by atoms with Gasteiger partial charge in [-0.05, 0) is 11.1 Å². The number of hydrogen-bond donors (Lipinski definition) is 1. The van der Waals surface area contributed by atoms with Gasteiger partial charge in [0.1, 0.15) is 0 Å². The summed E-state index contributed by atoms with van der Waals surface area (Å²) in [6, 6.07) is 21.1. The quantitative estimate of drug-likeness (QED) is 0.591. The maximum Gasteiger partial charge on any atom is 0.0954 e. The van der Waals surface area contributed by atoms with Crippen molar-refractivity contribution in [3.63, 3.8) is 0 Å². The smallest absolute Gasteiger partial charge is 0.0954 e. The zero-order chi connectivity index (χ0) is 15.5. The van der Waals surface area contributed by atoms with Crippen molar-refractivity contribution in [2.45, 2.75) is 6.04 Å². The number of aromatic amines is 1. The molecule has 2 heterocycles. The van der Waals surface area contributed by atoms with Crippen LogP contribution in [0.1, 0.15) is 17.2 Å². The van der Waals surface area contributed by atoms with E-state index < -0.39 is 0 Å². The number of nitrogens with zero attached hydrogens (tertiary/aromatic N) is 2. The van der Waals surface area contributed by atoms with Crippen molar-refractivity contribution >= 4 is 0 Å². The lowest BCUT2D eigenvalue weighted by Gasteiger charge is -2.20. The lowest BCUT2D eigenvalue weighted by atomic mass is 9.94. The molecule has 0 aliphatic carbocycles. The van der Waals surface area contributed by atoms with Gasteiger partial charge in [0.2, 0.25) is 0 Å². The van der Waals surface area contributed by atoms with Crippen molar-refractivity contribution in [1.82, 2.24) is 14.5 Å². The second-order valence-electron chi connectivity index (χ2n) is 5.51. The molecule has 0 fully saturated rings. The summed E-state index contributed by atoms with van der Waals surface area (Å²) in [5.41, 5.74) is 4.90. The highest BCUT2D eigenvalue weighted by molar-refractivity contribution is 5.68. The van der Waals surface area contributed by atoms with Crippen molar-refractivity contribution in [3.8, 4) is 11.1 Å². The molecule has 23 heavy (non-hydrogen) atoms. The first-order valence-electron chi connectivity index (χ1n) is 7.68. The topological polar surface area (TPSA) is 33.6 Å². The van der Waals surface area contributed by atoms with E-state index in [4.69, 9.17) is 0 Å². The van der Waals surface area contributed by atoms with E-state index in [1.165, 1.54) is 22.3 Å². The predicted molar refractivity (Wildman–Crippen MR) is 92.1 cm³/mol. The molecule has 0 saturated carbocycles. The van der Waals surface area contributed by atoms with E-state index in [0.717, 1.165) is 0 Å². The van der Waals surface area contributed by atoms with Gasteiger partial charge < -0.3 is 9.55 Å². The summed E-state index contributed by atoms with van der Waals surface area (Å²) in [4.78, 5) is 7.51. The lowest BCUT2D eigenvalue weighted by Crippen LogP contribution is -2.10. The fourth-order valence-electron chi connectivity index (χ4n) is 3.04. The average Bonchev–Trinajstić information content (AvgIpc) is 3.30. The summed E-state index contributed by atoms with van der Waals surface area (Å²) in [5.74, 6) is 0. The summed E-state index contributed by atoms with van der Waals surface area (Å²) in [6.45, 7) is 0. The molecule has 2 aromatic heterocycles. The van der Waals surface area contributed by atoms with E-state index in [2.05, 4.69) is 75.5 Å². The van der Waals surface area contributed by atoms with Crippen LogP contribution in [0.3, 0.4) is 0 Å². The first-order valence-corrected chi connectivity index (χ1v) is 7.68. The monoisotopic (exact) mass is 299 g/mol. The maximum atomic E-state index is 4.23. The van der Waals surface area contributed by atoms with E-state index in [-0.39, 0.29) is 6.04 Å². The van der Waals surface area contributed by atoms with Crippen LogP contribution >= 0.6 is 0 Å². The Morgan fingerprint density at radius 2 is 1.61 bits per heavy atom. The van der Waals surface area contributed by atoms with Crippen molar-refractivity contribution in [1.29, 1.82) is 0 Å². The zero-order valence-corrected chi connectivity index (χ0v) is 12.6. The first-order chi connectivity index (χ1) is 11.4. The Kier molecular flexibility index (Phi) is 3.53. The van der Waals surface area contributed by atoms with Crippen LogP contribution in [0.5, 0.6) is 0 Å².